The van der Waals surface area contributed by atoms with Crippen LogP contribution in [0, 0.1) is 0 Å². The molecule has 1 aromatic carbocycles. The second-order valence-corrected chi connectivity index (χ2v) is 6.38. The maximum Gasteiger partial charge on any atom is 0.573 e. The highest BCUT2D eigenvalue weighted by Crippen LogP contribution is 2.37. The average Bonchev–Trinajstić information content (AvgIpc) is 2.64. The number of esters is 1. The SMILES string of the molecule is COC(=O)c1cc(OC(F)(F)F)ccc1B1OC(C)(C)C(C)(C)O1. The summed E-state index contributed by atoms with van der Waals surface area (Å²) < 4.78 is 57.3. The average molecular weight is 346 g/mol. The largest absolute Gasteiger partial charge is 0.573 e. The Kier molecular flexibility index (Phi) is 4.62. The second-order valence-electron chi connectivity index (χ2n) is 6.38. The van der Waals surface area contributed by atoms with Gasteiger partial charge in [0.25, 0.3) is 0 Å². The lowest BCUT2D eigenvalue weighted by molar-refractivity contribution is -0.274. The highest BCUT2D eigenvalue weighted by Gasteiger charge is 2.52. The monoisotopic (exact) mass is 346 g/mol. The van der Waals surface area contributed by atoms with Crippen molar-refractivity contribution < 1.29 is 36.7 Å². The first-order chi connectivity index (χ1) is 10.9. The van der Waals surface area contributed by atoms with Gasteiger partial charge in [0.05, 0.1) is 23.9 Å². The van der Waals surface area contributed by atoms with Crippen molar-refractivity contribution in [3.05, 3.63) is 23.8 Å². The highest BCUT2D eigenvalue weighted by molar-refractivity contribution is 6.63. The maximum atomic E-state index is 12.4. The maximum absolute atomic E-state index is 12.4. The van der Waals surface area contributed by atoms with Gasteiger partial charge in [0.1, 0.15) is 5.75 Å². The molecular weight excluding hydrogens is 328 g/mol. The molecule has 1 aliphatic heterocycles. The molecule has 9 heteroatoms. The van der Waals surface area contributed by atoms with E-state index >= 15 is 0 Å². The van der Waals surface area contributed by atoms with Gasteiger partial charge >= 0.3 is 19.5 Å². The molecule has 0 radical (unpaired) electrons. The Bertz CT molecular complexity index is 626. The zero-order valence-corrected chi connectivity index (χ0v) is 14.0. The number of halogens is 3. The Morgan fingerprint density at radius 2 is 1.67 bits per heavy atom. The predicted molar refractivity (Wildman–Crippen MR) is 80.2 cm³/mol. The van der Waals surface area contributed by atoms with Crippen LogP contribution in [0.4, 0.5) is 13.2 Å². The molecular formula is C15H18BF3O5. The van der Waals surface area contributed by atoms with Gasteiger partial charge < -0.3 is 18.8 Å². The second kappa shape index (κ2) is 5.96. The van der Waals surface area contributed by atoms with Gasteiger partial charge in [-0.15, -0.1) is 13.2 Å². The molecule has 5 nitrogen and oxygen atoms in total. The van der Waals surface area contributed by atoms with E-state index in [2.05, 4.69) is 9.47 Å². The Labute approximate surface area is 138 Å². The first kappa shape index (κ1) is 18.6. The molecule has 0 aliphatic carbocycles. The molecule has 0 amide bonds. The number of carbonyl (C=O) groups excluding carboxylic acids is 1. The molecule has 24 heavy (non-hydrogen) atoms. The van der Waals surface area contributed by atoms with Crippen LogP contribution in [-0.4, -0.2) is 37.8 Å². The first-order valence-electron chi connectivity index (χ1n) is 7.20. The first-order valence-corrected chi connectivity index (χ1v) is 7.20. The minimum absolute atomic E-state index is 0.113. The van der Waals surface area contributed by atoms with E-state index in [1.54, 1.807) is 0 Å². The van der Waals surface area contributed by atoms with Crippen LogP contribution in [0.1, 0.15) is 38.1 Å². The van der Waals surface area contributed by atoms with Crippen LogP contribution in [0.3, 0.4) is 0 Å². The van der Waals surface area contributed by atoms with E-state index in [0.29, 0.717) is 0 Å². The minimum Gasteiger partial charge on any atom is -0.465 e. The third-order valence-corrected chi connectivity index (χ3v) is 4.17. The van der Waals surface area contributed by atoms with Crippen molar-refractivity contribution in [2.75, 3.05) is 7.11 Å². The van der Waals surface area contributed by atoms with Crippen LogP contribution >= 0.6 is 0 Å². The third-order valence-electron chi connectivity index (χ3n) is 4.17. The van der Waals surface area contributed by atoms with Crippen LogP contribution < -0.4 is 10.2 Å². The third kappa shape index (κ3) is 3.67. The van der Waals surface area contributed by atoms with E-state index in [-0.39, 0.29) is 11.0 Å². The van der Waals surface area contributed by atoms with Crippen molar-refractivity contribution in [3.8, 4) is 5.75 Å². The summed E-state index contributed by atoms with van der Waals surface area (Å²) in [4.78, 5) is 12.0. The summed E-state index contributed by atoms with van der Waals surface area (Å²) in [6.45, 7) is 7.30. The van der Waals surface area contributed by atoms with Crippen molar-refractivity contribution in [1.29, 1.82) is 0 Å². The summed E-state index contributed by atoms with van der Waals surface area (Å²) in [6.07, 6.45) is -4.86. The normalized spacial score (nSPS) is 19.2. The summed E-state index contributed by atoms with van der Waals surface area (Å²) in [5, 5.41) is 0. The van der Waals surface area contributed by atoms with E-state index < -0.39 is 36.4 Å². The minimum atomic E-state index is -4.86. The van der Waals surface area contributed by atoms with Gasteiger partial charge in [0.2, 0.25) is 0 Å². The molecule has 132 valence electrons. The summed E-state index contributed by atoms with van der Waals surface area (Å²) >= 11 is 0. The fourth-order valence-electron chi connectivity index (χ4n) is 2.19. The predicted octanol–water partition coefficient (Wildman–Crippen LogP) is 2.67. The van der Waals surface area contributed by atoms with Gasteiger partial charge in [0.15, 0.2) is 0 Å². The number of hydrogen-bond donors (Lipinski definition) is 0. The molecule has 0 saturated carbocycles. The van der Waals surface area contributed by atoms with Crippen molar-refractivity contribution in [3.63, 3.8) is 0 Å². The van der Waals surface area contributed by atoms with Gasteiger partial charge in [0, 0.05) is 0 Å². The number of benzene rings is 1. The lowest BCUT2D eigenvalue weighted by Crippen LogP contribution is -2.41. The fourth-order valence-corrected chi connectivity index (χ4v) is 2.19. The van der Waals surface area contributed by atoms with Crippen LogP contribution in [0.5, 0.6) is 5.75 Å². The van der Waals surface area contributed by atoms with E-state index in [9.17, 15) is 18.0 Å². The number of methoxy groups -OCH3 is 1. The summed E-state index contributed by atoms with van der Waals surface area (Å²) in [7, 11) is 0.220. The molecule has 2 rings (SSSR count). The molecule has 1 heterocycles. The Balaban J connectivity index is 2.42. The van der Waals surface area contributed by atoms with Crippen LogP contribution in [0.25, 0.3) is 0 Å². The molecule has 1 aromatic rings. The van der Waals surface area contributed by atoms with Crippen LogP contribution in [0.15, 0.2) is 18.2 Å². The van der Waals surface area contributed by atoms with Crippen molar-refractivity contribution >= 4 is 18.6 Å². The topological polar surface area (TPSA) is 54.0 Å². The number of hydrogen-bond acceptors (Lipinski definition) is 5. The molecule has 1 saturated heterocycles. The molecule has 1 aliphatic rings. The zero-order valence-electron chi connectivity index (χ0n) is 14.0. The van der Waals surface area contributed by atoms with Crippen molar-refractivity contribution in [2.24, 2.45) is 0 Å². The molecule has 0 bridgehead atoms. The summed E-state index contributed by atoms with van der Waals surface area (Å²) in [5.41, 5.74) is -1.16. The van der Waals surface area contributed by atoms with Crippen molar-refractivity contribution in [2.45, 2.75) is 45.3 Å². The van der Waals surface area contributed by atoms with Gasteiger partial charge in [-0.3, -0.25) is 0 Å². The molecule has 0 N–H and O–H groups in total. The van der Waals surface area contributed by atoms with Gasteiger partial charge in [-0.05, 0) is 45.3 Å². The Morgan fingerprint density at radius 1 is 1.12 bits per heavy atom. The Morgan fingerprint density at radius 3 is 2.12 bits per heavy atom. The standard InChI is InChI=1S/C15H18BF3O5/c1-13(2)14(3,4)24-16(23-13)11-7-6-9(22-15(17,18)19)8-10(11)12(20)21-5/h6-8H,1-5H3. The van der Waals surface area contributed by atoms with Gasteiger partial charge in [-0.1, -0.05) is 6.07 Å². The molecule has 0 atom stereocenters. The number of alkyl halides is 3. The Hall–Kier alpha value is -1.74. The number of rotatable bonds is 3. The summed E-state index contributed by atoms with van der Waals surface area (Å²) in [6, 6.07) is 3.36. The number of ether oxygens (including phenoxy) is 2. The molecule has 0 aromatic heterocycles. The van der Waals surface area contributed by atoms with E-state index in [4.69, 9.17) is 9.31 Å². The van der Waals surface area contributed by atoms with Gasteiger partial charge in [-0.25, -0.2) is 4.79 Å². The highest BCUT2D eigenvalue weighted by atomic mass is 19.4. The van der Waals surface area contributed by atoms with E-state index in [1.807, 2.05) is 27.7 Å². The summed E-state index contributed by atoms with van der Waals surface area (Å²) in [5.74, 6) is -1.34. The lowest BCUT2D eigenvalue weighted by atomic mass is 9.76. The van der Waals surface area contributed by atoms with Gasteiger partial charge in [-0.2, -0.15) is 0 Å². The smallest absolute Gasteiger partial charge is 0.465 e. The van der Waals surface area contributed by atoms with E-state index in [0.717, 1.165) is 19.2 Å². The van der Waals surface area contributed by atoms with Crippen LogP contribution in [0.2, 0.25) is 0 Å². The molecule has 1 fully saturated rings. The molecule has 0 unspecified atom stereocenters. The zero-order chi connectivity index (χ0) is 18.3. The molecule has 0 spiro atoms. The van der Waals surface area contributed by atoms with E-state index in [1.165, 1.54) is 6.07 Å². The fraction of sp³-hybridized carbons (Fsp3) is 0.533. The number of carbonyl (C=O) groups is 1. The van der Waals surface area contributed by atoms with Crippen molar-refractivity contribution in [1.82, 2.24) is 0 Å². The quantitative estimate of drug-likeness (QED) is 0.622. The lowest BCUT2D eigenvalue weighted by Gasteiger charge is -2.32. The van der Waals surface area contributed by atoms with Crippen LogP contribution in [-0.2, 0) is 14.0 Å².